The van der Waals surface area contributed by atoms with E-state index in [0.717, 1.165) is 6.54 Å². The zero-order valence-corrected chi connectivity index (χ0v) is 10.7. The first kappa shape index (κ1) is 13.5. The normalized spacial score (nSPS) is 10.1. The molecule has 0 radical (unpaired) electrons. The molecule has 0 aromatic heterocycles. The summed E-state index contributed by atoms with van der Waals surface area (Å²) in [5.41, 5.74) is 0.618. The van der Waals surface area contributed by atoms with Gasteiger partial charge in [-0.1, -0.05) is 12.1 Å². The van der Waals surface area contributed by atoms with Crippen molar-refractivity contribution in [1.29, 1.82) is 0 Å². The van der Waals surface area contributed by atoms with E-state index in [1.807, 2.05) is 32.2 Å². The molecule has 1 aromatic rings. The van der Waals surface area contributed by atoms with Gasteiger partial charge in [0.05, 0.1) is 12.2 Å². The number of carbonyl (C=O) groups is 1. The third-order valence-electron chi connectivity index (χ3n) is 2.46. The van der Waals surface area contributed by atoms with Crippen LogP contribution in [-0.2, 0) is 0 Å². The monoisotopic (exact) mass is 236 g/mol. The maximum absolute atomic E-state index is 12.2. The highest BCUT2D eigenvalue weighted by Crippen LogP contribution is 2.19. The van der Waals surface area contributed by atoms with Gasteiger partial charge in [-0.25, -0.2) is 0 Å². The Balaban J connectivity index is 2.80. The lowest BCUT2D eigenvalue weighted by atomic mass is 10.2. The number of nitrogens with zero attached hydrogens (tertiary/aromatic N) is 1. The molecule has 1 N–H and O–H groups in total. The number of benzene rings is 1. The van der Waals surface area contributed by atoms with Crippen molar-refractivity contribution in [2.24, 2.45) is 0 Å². The van der Waals surface area contributed by atoms with Crippen molar-refractivity contribution in [3.8, 4) is 5.75 Å². The number of amides is 1. The van der Waals surface area contributed by atoms with Crippen LogP contribution in [0.25, 0.3) is 0 Å². The molecule has 0 saturated carbocycles. The molecule has 4 nitrogen and oxygen atoms in total. The molecular weight excluding hydrogens is 216 g/mol. The Morgan fingerprint density at radius 1 is 1.41 bits per heavy atom. The van der Waals surface area contributed by atoms with Gasteiger partial charge in [0.15, 0.2) is 0 Å². The summed E-state index contributed by atoms with van der Waals surface area (Å²) in [5.74, 6) is 0.639. The highest BCUT2D eigenvalue weighted by molar-refractivity contribution is 5.96. The molecule has 1 rings (SSSR count). The molecule has 0 heterocycles. The molecule has 94 valence electrons. The first-order chi connectivity index (χ1) is 8.20. The Hall–Kier alpha value is -1.55. The van der Waals surface area contributed by atoms with Crippen LogP contribution in [0.15, 0.2) is 24.3 Å². The second-order valence-electron chi connectivity index (χ2n) is 3.76. The largest absolute Gasteiger partial charge is 0.493 e. The van der Waals surface area contributed by atoms with Crippen molar-refractivity contribution in [3.05, 3.63) is 29.8 Å². The van der Waals surface area contributed by atoms with E-state index in [-0.39, 0.29) is 5.91 Å². The van der Waals surface area contributed by atoms with Gasteiger partial charge in [-0.3, -0.25) is 4.79 Å². The summed E-state index contributed by atoms with van der Waals surface area (Å²) in [5, 5.41) is 3.02. The molecular formula is C13H20N2O2. The van der Waals surface area contributed by atoms with Gasteiger partial charge < -0.3 is 15.0 Å². The van der Waals surface area contributed by atoms with Crippen LogP contribution in [0.4, 0.5) is 0 Å². The van der Waals surface area contributed by atoms with Gasteiger partial charge in [0, 0.05) is 20.1 Å². The quantitative estimate of drug-likeness (QED) is 0.811. The molecule has 0 bridgehead atoms. The van der Waals surface area contributed by atoms with E-state index >= 15 is 0 Å². The first-order valence-corrected chi connectivity index (χ1v) is 5.82. The fraction of sp³-hybridized carbons (Fsp3) is 0.462. The molecule has 17 heavy (non-hydrogen) atoms. The molecule has 0 unspecified atom stereocenters. The molecule has 4 heteroatoms. The number of rotatable bonds is 6. The Labute approximate surface area is 103 Å². The molecule has 0 aliphatic carbocycles. The molecule has 0 aliphatic rings. The smallest absolute Gasteiger partial charge is 0.257 e. The average molecular weight is 236 g/mol. The van der Waals surface area contributed by atoms with Gasteiger partial charge in [-0.15, -0.1) is 0 Å². The summed E-state index contributed by atoms with van der Waals surface area (Å²) in [6, 6.07) is 7.34. The molecule has 0 saturated heterocycles. The van der Waals surface area contributed by atoms with Crippen LogP contribution in [0.2, 0.25) is 0 Å². The fourth-order valence-corrected chi connectivity index (χ4v) is 1.51. The van der Waals surface area contributed by atoms with Gasteiger partial charge in [0.2, 0.25) is 0 Å². The van der Waals surface area contributed by atoms with E-state index in [9.17, 15) is 4.79 Å². The van der Waals surface area contributed by atoms with Gasteiger partial charge >= 0.3 is 0 Å². The number of likely N-dealkylation sites (N-methyl/N-ethyl adjacent to an activating group) is 2. The van der Waals surface area contributed by atoms with Crippen molar-refractivity contribution >= 4 is 5.91 Å². The van der Waals surface area contributed by atoms with Crippen molar-refractivity contribution in [2.45, 2.75) is 6.92 Å². The molecule has 1 amide bonds. The molecule has 0 fully saturated rings. The van der Waals surface area contributed by atoms with Crippen molar-refractivity contribution in [2.75, 3.05) is 33.8 Å². The maximum Gasteiger partial charge on any atom is 0.257 e. The van der Waals surface area contributed by atoms with E-state index in [1.165, 1.54) is 0 Å². The number of hydrogen-bond donors (Lipinski definition) is 1. The Bertz CT molecular complexity index is 366. The van der Waals surface area contributed by atoms with Crippen LogP contribution in [0.1, 0.15) is 17.3 Å². The second-order valence-corrected chi connectivity index (χ2v) is 3.76. The Morgan fingerprint density at radius 2 is 2.12 bits per heavy atom. The molecule has 0 atom stereocenters. The summed E-state index contributed by atoms with van der Waals surface area (Å²) < 4.78 is 5.45. The predicted molar refractivity (Wildman–Crippen MR) is 68.5 cm³/mol. The third-order valence-corrected chi connectivity index (χ3v) is 2.46. The van der Waals surface area contributed by atoms with Crippen LogP contribution >= 0.6 is 0 Å². The summed E-state index contributed by atoms with van der Waals surface area (Å²) >= 11 is 0. The van der Waals surface area contributed by atoms with Crippen molar-refractivity contribution < 1.29 is 9.53 Å². The second kappa shape index (κ2) is 6.91. The summed E-state index contributed by atoms with van der Waals surface area (Å²) in [6.45, 7) is 3.92. The summed E-state index contributed by atoms with van der Waals surface area (Å²) in [6.07, 6.45) is 0. The van der Waals surface area contributed by atoms with E-state index in [0.29, 0.717) is 24.5 Å². The Kier molecular flexibility index (Phi) is 5.49. The molecule has 0 spiro atoms. The summed E-state index contributed by atoms with van der Waals surface area (Å²) in [7, 11) is 3.66. The molecule has 1 aromatic carbocycles. The molecule has 0 aliphatic heterocycles. The summed E-state index contributed by atoms with van der Waals surface area (Å²) in [4.78, 5) is 13.9. The highest BCUT2D eigenvalue weighted by Gasteiger charge is 2.15. The van der Waals surface area contributed by atoms with Crippen LogP contribution in [0, 0.1) is 0 Å². The van der Waals surface area contributed by atoms with Crippen LogP contribution in [0.3, 0.4) is 0 Å². The number of carbonyl (C=O) groups excluding carboxylic acids is 1. The Morgan fingerprint density at radius 3 is 2.76 bits per heavy atom. The van der Waals surface area contributed by atoms with Crippen LogP contribution in [-0.4, -0.2) is 44.6 Å². The SMILES string of the molecule is CCOc1ccccc1C(=O)N(C)CCNC. The predicted octanol–water partition coefficient (Wildman–Crippen LogP) is 1.38. The number of hydrogen-bond acceptors (Lipinski definition) is 3. The zero-order chi connectivity index (χ0) is 12.7. The van der Waals surface area contributed by atoms with Crippen LogP contribution < -0.4 is 10.1 Å². The van der Waals surface area contributed by atoms with E-state index in [4.69, 9.17) is 4.74 Å². The minimum Gasteiger partial charge on any atom is -0.493 e. The van der Waals surface area contributed by atoms with E-state index in [1.54, 1.807) is 18.0 Å². The number of para-hydroxylation sites is 1. The minimum atomic E-state index is -0.00991. The minimum absolute atomic E-state index is 0.00991. The topological polar surface area (TPSA) is 41.6 Å². The van der Waals surface area contributed by atoms with Gasteiger partial charge in [-0.2, -0.15) is 0 Å². The average Bonchev–Trinajstić information content (AvgIpc) is 2.36. The number of nitrogens with one attached hydrogen (secondary N) is 1. The standard InChI is InChI=1S/C13H20N2O2/c1-4-17-12-8-6-5-7-11(12)13(16)15(3)10-9-14-2/h5-8,14H,4,9-10H2,1-3H3. The lowest BCUT2D eigenvalue weighted by molar-refractivity contribution is 0.0792. The zero-order valence-electron chi connectivity index (χ0n) is 10.7. The van der Waals surface area contributed by atoms with Crippen molar-refractivity contribution in [3.63, 3.8) is 0 Å². The van der Waals surface area contributed by atoms with Crippen molar-refractivity contribution in [1.82, 2.24) is 10.2 Å². The van der Waals surface area contributed by atoms with E-state index in [2.05, 4.69) is 5.32 Å². The van der Waals surface area contributed by atoms with Gasteiger partial charge in [0.1, 0.15) is 5.75 Å². The lowest BCUT2D eigenvalue weighted by Gasteiger charge is -2.18. The fourth-order valence-electron chi connectivity index (χ4n) is 1.51. The first-order valence-electron chi connectivity index (χ1n) is 5.82. The van der Waals surface area contributed by atoms with Crippen LogP contribution in [0.5, 0.6) is 5.75 Å². The number of ether oxygens (including phenoxy) is 1. The third kappa shape index (κ3) is 3.75. The van der Waals surface area contributed by atoms with Gasteiger partial charge in [0.25, 0.3) is 5.91 Å². The van der Waals surface area contributed by atoms with Gasteiger partial charge in [-0.05, 0) is 26.1 Å². The highest BCUT2D eigenvalue weighted by atomic mass is 16.5. The maximum atomic E-state index is 12.2. The van der Waals surface area contributed by atoms with E-state index < -0.39 is 0 Å². The lowest BCUT2D eigenvalue weighted by Crippen LogP contribution is -2.33.